The molecule has 1 aliphatic heterocycles. The topological polar surface area (TPSA) is 3.24 Å². The maximum atomic E-state index is 3.79. The third-order valence-electron chi connectivity index (χ3n) is 3.64. The van der Waals surface area contributed by atoms with Gasteiger partial charge in [-0.2, -0.15) is 0 Å². The average molecular weight is 246 g/mol. The fourth-order valence-corrected chi connectivity index (χ4v) is 2.95. The number of alkyl halides is 1. The molecular formula is C11H20BrN. The van der Waals surface area contributed by atoms with Crippen LogP contribution in [0, 0.1) is 11.3 Å². The molecule has 0 aromatic heterocycles. The quantitative estimate of drug-likeness (QED) is 0.677. The minimum Gasteiger partial charge on any atom is -0.301 e. The van der Waals surface area contributed by atoms with Gasteiger partial charge in [0.25, 0.3) is 0 Å². The number of halogens is 1. The van der Waals surface area contributed by atoms with Gasteiger partial charge in [-0.1, -0.05) is 36.2 Å². The SMILES string of the molecule is CC1(C)CN(CC2CCC2)CC1Br. The number of rotatable bonds is 2. The van der Waals surface area contributed by atoms with Crippen LogP contribution in [0.5, 0.6) is 0 Å². The monoisotopic (exact) mass is 245 g/mol. The molecule has 13 heavy (non-hydrogen) atoms. The van der Waals surface area contributed by atoms with Gasteiger partial charge in [-0.25, -0.2) is 0 Å². The summed E-state index contributed by atoms with van der Waals surface area (Å²) in [5, 5.41) is 0. The van der Waals surface area contributed by atoms with E-state index in [-0.39, 0.29) is 0 Å². The van der Waals surface area contributed by atoms with Crippen LogP contribution in [-0.2, 0) is 0 Å². The van der Waals surface area contributed by atoms with E-state index in [2.05, 4.69) is 34.7 Å². The first-order chi connectivity index (χ1) is 6.08. The second-order valence-electron chi connectivity index (χ2n) is 5.45. The van der Waals surface area contributed by atoms with Gasteiger partial charge in [0.15, 0.2) is 0 Å². The minimum absolute atomic E-state index is 0.476. The van der Waals surface area contributed by atoms with Crippen molar-refractivity contribution in [1.82, 2.24) is 4.90 Å². The van der Waals surface area contributed by atoms with Crippen LogP contribution in [-0.4, -0.2) is 29.4 Å². The predicted molar refractivity (Wildman–Crippen MR) is 60.3 cm³/mol. The summed E-state index contributed by atoms with van der Waals surface area (Å²) >= 11 is 3.79. The fourth-order valence-electron chi connectivity index (χ4n) is 2.39. The number of hydrogen-bond acceptors (Lipinski definition) is 1. The summed E-state index contributed by atoms with van der Waals surface area (Å²) in [5.74, 6) is 1.02. The van der Waals surface area contributed by atoms with Crippen molar-refractivity contribution in [3.63, 3.8) is 0 Å². The molecule has 2 fully saturated rings. The smallest absolute Gasteiger partial charge is 0.0336 e. The highest BCUT2D eigenvalue weighted by atomic mass is 79.9. The predicted octanol–water partition coefficient (Wildman–Crippen LogP) is 2.89. The molecule has 76 valence electrons. The van der Waals surface area contributed by atoms with E-state index >= 15 is 0 Å². The minimum atomic E-state index is 0.476. The third kappa shape index (κ3) is 2.10. The average Bonchev–Trinajstić information content (AvgIpc) is 2.18. The van der Waals surface area contributed by atoms with E-state index in [0.29, 0.717) is 10.2 Å². The van der Waals surface area contributed by atoms with E-state index in [1.54, 1.807) is 0 Å². The van der Waals surface area contributed by atoms with E-state index in [1.165, 1.54) is 38.9 Å². The summed E-state index contributed by atoms with van der Waals surface area (Å²) in [6, 6.07) is 0. The molecular weight excluding hydrogens is 226 g/mol. The zero-order valence-electron chi connectivity index (χ0n) is 8.72. The molecule has 0 spiro atoms. The van der Waals surface area contributed by atoms with Crippen molar-refractivity contribution < 1.29 is 0 Å². The van der Waals surface area contributed by atoms with Crippen molar-refractivity contribution in [2.24, 2.45) is 11.3 Å². The second kappa shape index (κ2) is 3.54. The molecule has 0 amide bonds. The Bertz CT molecular complexity index is 187. The van der Waals surface area contributed by atoms with Crippen LogP contribution in [0.4, 0.5) is 0 Å². The zero-order valence-corrected chi connectivity index (χ0v) is 10.3. The molecule has 0 radical (unpaired) electrons. The normalized spacial score (nSPS) is 34.8. The molecule has 0 N–H and O–H groups in total. The van der Waals surface area contributed by atoms with Crippen molar-refractivity contribution in [3.05, 3.63) is 0 Å². The molecule has 2 aliphatic rings. The van der Waals surface area contributed by atoms with E-state index in [4.69, 9.17) is 0 Å². The Balaban J connectivity index is 1.82. The van der Waals surface area contributed by atoms with Crippen molar-refractivity contribution in [2.75, 3.05) is 19.6 Å². The molecule has 1 unspecified atom stereocenters. The number of likely N-dealkylation sites (tertiary alicyclic amines) is 1. The van der Waals surface area contributed by atoms with Crippen LogP contribution in [0.1, 0.15) is 33.1 Å². The highest BCUT2D eigenvalue weighted by Crippen LogP contribution is 2.37. The lowest BCUT2D eigenvalue weighted by atomic mass is 9.85. The largest absolute Gasteiger partial charge is 0.301 e. The van der Waals surface area contributed by atoms with Crippen LogP contribution in [0.3, 0.4) is 0 Å². The van der Waals surface area contributed by atoms with Gasteiger partial charge < -0.3 is 4.90 Å². The molecule has 1 heterocycles. The Hall–Kier alpha value is 0.440. The summed E-state index contributed by atoms with van der Waals surface area (Å²) in [6.07, 6.45) is 4.42. The highest BCUT2D eigenvalue weighted by Gasteiger charge is 2.38. The van der Waals surface area contributed by atoms with Gasteiger partial charge in [0, 0.05) is 24.5 Å². The zero-order chi connectivity index (χ0) is 9.47. The lowest BCUT2D eigenvalue weighted by molar-refractivity contribution is 0.192. The Kier molecular flexibility index (Phi) is 2.72. The summed E-state index contributed by atoms with van der Waals surface area (Å²) in [5.41, 5.74) is 0.476. The van der Waals surface area contributed by atoms with Crippen LogP contribution in [0.2, 0.25) is 0 Å². The molecule has 1 saturated heterocycles. The molecule has 0 aromatic carbocycles. The van der Waals surface area contributed by atoms with Crippen LogP contribution >= 0.6 is 15.9 Å². The van der Waals surface area contributed by atoms with Crippen LogP contribution < -0.4 is 0 Å². The van der Waals surface area contributed by atoms with E-state index in [0.717, 1.165) is 5.92 Å². The van der Waals surface area contributed by atoms with Crippen LogP contribution in [0.25, 0.3) is 0 Å². The van der Waals surface area contributed by atoms with Gasteiger partial charge in [0.2, 0.25) is 0 Å². The molecule has 0 bridgehead atoms. The van der Waals surface area contributed by atoms with Gasteiger partial charge in [-0.3, -0.25) is 0 Å². The molecule has 1 saturated carbocycles. The lowest BCUT2D eigenvalue weighted by Gasteiger charge is -2.30. The molecule has 2 heteroatoms. The van der Waals surface area contributed by atoms with Gasteiger partial charge in [0.1, 0.15) is 0 Å². The fraction of sp³-hybridized carbons (Fsp3) is 1.00. The molecule has 2 rings (SSSR count). The van der Waals surface area contributed by atoms with E-state index in [9.17, 15) is 0 Å². The summed E-state index contributed by atoms with van der Waals surface area (Å²) in [7, 11) is 0. The second-order valence-corrected chi connectivity index (χ2v) is 6.55. The summed E-state index contributed by atoms with van der Waals surface area (Å²) in [6.45, 7) is 8.62. The summed E-state index contributed by atoms with van der Waals surface area (Å²) < 4.78 is 0. The Morgan fingerprint density at radius 3 is 2.46 bits per heavy atom. The Morgan fingerprint density at radius 1 is 1.38 bits per heavy atom. The molecule has 1 nitrogen and oxygen atoms in total. The van der Waals surface area contributed by atoms with Crippen LogP contribution in [0.15, 0.2) is 0 Å². The molecule has 0 aromatic rings. The Morgan fingerprint density at radius 2 is 2.08 bits per heavy atom. The summed E-state index contributed by atoms with van der Waals surface area (Å²) in [4.78, 5) is 3.34. The van der Waals surface area contributed by atoms with E-state index in [1.807, 2.05) is 0 Å². The first-order valence-electron chi connectivity index (χ1n) is 5.44. The first-order valence-corrected chi connectivity index (χ1v) is 6.36. The van der Waals surface area contributed by atoms with Crippen molar-refractivity contribution >= 4 is 15.9 Å². The third-order valence-corrected chi connectivity index (χ3v) is 5.17. The van der Waals surface area contributed by atoms with Gasteiger partial charge in [-0.05, 0) is 24.2 Å². The number of nitrogens with zero attached hydrogens (tertiary/aromatic N) is 1. The molecule has 1 aliphatic carbocycles. The van der Waals surface area contributed by atoms with Crippen molar-refractivity contribution in [2.45, 2.75) is 37.9 Å². The lowest BCUT2D eigenvalue weighted by Crippen LogP contribution is -2.31. The maximum absolute atomic E-state index is 3.79. The van der Waals surface area contributed by atoms with Gasteiger partial charge >= 0.3 is 0 Å². The highest BCUT2D eigenvalue weighted by molar-refractivity contribution is 9.09. The van der Waals surface area contributed by atoms with Gasteiger partial charge in [-0.15, -0.1) is 0 Å². The van der Waals surface area contributed by atoms with Crippen molar-refractivity contribution in [3.8, 4) is 0 Å². The Labute approximate surface area is 90.0 Å². The van der Waals surface area contributed by atoms with Gasteiger partial charge in [0.05, 0.1) is 0 Å². The standard InChI is InChI=1S/C11H20BrN/c1-11(2)8-13(7-10(11)12)6-9-4-3-5-9/h9-10H,3-8H2,1-2H3. The first kappa shape index (κ1) is 9.97. The van der Waals surface area contributed by atoms with E-state index < -0.39 is 0 Å². The number of hydrogen-bond donors (Lipinski definition) is 0. The molecule has 1 atom stereocenters. The van der Waals surface area contributed by atoms with Crippen molar-refractivity contribution in [1.29, 1.82) is 0 Å². The maximum Gasteiger partial charge on any atom is 0.0336 e.